The number of hydrogen-bond donors (Lipinski definition) is 0. The molecule has 1 aromatic carbocycles. The van der Waals surface area contributed by atoms with Crippen molar-refractivity contribution < 1.29 is 9.53 Å². The van der Waals surface area contributed by atoms with Crippen LogP contribution in [0.5, 0.6) is 0 Å². The lowest BCUT2D eigenvalue weighted by Crippen LogP contribution is -2.44. The second-order valence-electron chi connectivity index (χ2n) is 6.35. The summed E-state index contributed by atoms with van der Waals surface area (Å²) in [6.45, 7) is 6.68. The number of morpholine rings is 1. The summed E-state index contributed by atoms with van der Waals surface area (Å²) in [5, 5.41) is 0. The molecule has 0 N–H and O–H groups in total. The number of carbonyl (C=O) groups is 1. The van der Waals surface area contributed by atoms with E-state index in [1.165, 1.54) is 5.56 Å². The second kappa shape index (κ2) is 5.66. The normalized spacial score (nSPS) is 26.1. The molecule has 20 heavy (non-hydrogen) atoms. The molecule has 3 rings (SSSR count). The highest BCUT2D eigenvalue weighted by Crippen LogP contribution is 2.26. The van der Waals surface area contributed by atoms with Gasteiger partial charge >= 0.3 is 0 Å². The molecule has 2 aliphatic heterocycles. The molecular formula is C17H23NO2. The van der Waals surface area contributed by atoms with Gasteiger partial charge in [-0.3, -0.25) is 9.69 Å². The quantitative estimate of drug-likeness (QED) is 0.790. The van der Waals surface area contributed by atoms with Crippen molar-refractivity contribution in [1.82, 2.24) is 4.90 Å². The highest BCUT2D eigenvalue weighted by atomic mass is 16.5. The summed E-state index contributed by atoms with van der Waals surface area (Å²) >= 11 is 0. The molecule has 2 unspecified atom stereocenters. The molecule has 2 fully saturated rings. The van der Waals surface area contributed by atoms with Crippen LogP contribution in [-0.2, 0) is 4.74 Å². The summed E-state index contributed by atoms with van der Waals surface area (Å²) in [5.41, 5.74) is 2.11. The fourth-order valence-corrected chi connectivity index (χ4v) is 3.18. The summed E-state index contributed by atoms with van der Waals surface area (Å²) < 4.78 is 5.80. The minimum Gasteiger partial charge on any atom is -0.372 e. The van der Waals surface area contributed by atoms with Gasteiger partial charge in [-0.15, -0.1) is 0 Å². The number of rotatable bonds is 4. The molecule has 1 aromatic rings. The molecular weight excluding hydrogens is 250 g/mol. The molecule has 0 saturated carbocycles. The Bertz CT molecular complexity index is 468. The predicted molar refractivity (Wildman–Crippen MR) is 79.2 cm³/mol. The summed E-state index contributed by atoms with van der Waals surface area (Å²) in [4.78, 5) is 14.6. The van der Waals surface area contributed by atoms with Gasteiger partial charge in [0, 0.05) is 18.7 Å². The fourth-order valence-electron chi connectivity index (χ4n) is 3.18. The van der Waals surface area contributed by atoms with Crippen LogP contribution in [0.4, 0.5) is 0 Å². The zero-order valence-electron chi connectivity index (χ0n) is 12.3. The molecule has 3 heteroatoms. The van der Waals surface area contributed by atoms with Crippen LogP contribution < -0.4 is 0 Å². The van der Waals surface area contributed by atoms with Crippen LogP contribution in [0.2, 0.25) is 0 Å². The Morgan fingerprint density at radius 2 is 1.80 bits per heavy atom. The number of fused-ring (bicyclic) bond motifs is 2. The zero-order valence-corrected chi connectivity index (χ0v) is 12.3. The average molecular weight is 273 g/mol. The molecule has 108 valence electrons. The summed E-state index contributed by atoms with van der Waals surface area (Å²) in [5.74, 6) is 0.732. The molecule has 2 aliphatic rings. The van der Waals surface area contributed by atoms with E-state index < -0.39 is 0 Å². The van der Waals surface area contributed by atoms with E-state index in [1.807, 2.05) is 12.1 Å². The predicted octanol–water partition coefficient (Wildman–Crippen LogP) is 2.86. The van der Waals surface area contributed by atoms with Gasteiger partial charge in [0.1, 0.15) is 0 Å². The molecule has 2 bridgehead atoms. The highest BCUT2D eigenvalue weighted by molar-refractivity contribution is 5.97. The molecule has 3 nitrogen and oxygen atoms in total. The first-order valence-corrected chi connectivity index (χ1v) is 7.63. The third-order valence-electron chi connectivity index (χ3n) is 4.39. The number of likely N-dealkylation sites (tertiary alicyclic amines) is 1. The van der Waals surface area contributed by atoms with Gasteiger partial charge in [-0.05, 0) is 24.3 Å². The lowest BCUT2D eigenvalue weighted by molar-refractivity contribution is -0.0355. The van der Waals surface area contributed by atoms with Gasteiger partial charge in [0.05, 0.1) is 18.8 Å². The third-order valence-corrected chi connectivity index (χ3v) is 4.39. The SMILES string of the molecule is CC(C)c1ccc(C(=O)CN2CC3CCC(C2)O3)cc1. The Kier molecular flexibility index (Phi) is 3.90. The molecule has 2 atom stereocenters. The molecule has 0 aliphatic carbocycles. The van der Waals surface area contributed by atoms with Gasteiger partial charge in [-0.1, -0.05) is 38.1 Å². The van der Waals surface area contributed by atoms with Crippen LogP contribution in [-0.4, -0.2) is 42.5 Å². The van der Waals surface area contributed by atoms with E-state index >= 15 is 0 Å². The van der Waals surface area contributed by atoms with E-state index in [9.17, 15) is 4.79 Å². The maximum atomic E-state index is 12.3. The molecule has 0 spiro atoms. The standard InChI is InChI=1S/C17H23NO2/c1-12(2)13-3-5-14(6-4-13)17(19)11-18-9-15-7-8-16(10-18)20-15/h3-6,12,15-16H,7-11H2,1-2H3. The molecule has 2 saturated heterocycles. The maximum Gasteiger partial charge on any atom is 0.176 e. The van der Waals surface area contributed by atoms with Crippen molar-refractivity contribution in [3.63, 3.8) is 0 Å². The maximum absolute atomic E-state index is 12.3. The lowest BCUT2D eigenvalue weighted by Gasteiger charge is -2.31. The van der Waals surface area contributed by atoms with Crippen molar-refractivity contribution in [1.29, 1.82) is 0 Å². The number of carbonyl (C=O) groups excluding carboxylic acids is 1. The summed E-state index contributed by atoms with van der Waals surface area (Å²) in [7, 11) is 0. The molecule has 2 heterocycles. The first kappa shape index (κ1) is 13.8. The minimum atomic E-state index is 0.224. The van der Waals surface area contributed by atoms with Crippen LogP contribution in [0, 0.1) is 0 Å². The van der Waals surface area contributed by atoms with Crippen molar-refractivity contribution >= 4 is 5.78 Å². The van der Waals surface area contributed by atoms with Crippen LogP contribution in [0.15, 0.2) is 24.3 Å². The van der Waals surface area contributed by atoms with Crippen molar-refractivity contribution in [2.75, 3.05) is 19.6 Å². The monoisotopic (exact) mass is 273 g/mol. The van der Waals surface area contributed by atoms with Crippen LogP contribution in [0.1, 0.15) is 48.5 Å². The minimum absolute atomic E-state index is 0.224. The average Bonchev–Trinajstić information content (AvgIpc) is 2.78. The zero-order chi connectivity index (χ0) is 14.1. The molecule has 0 amide bonds. The van der Waals surface area contributed by atoms with E-state index in [2.05, 4.69) is 30.9 Å². The Hall–Kier alpha value is -1.19. The summed E-state index contributed by atoms with van der Waals surface area (Å²) in [6, 6.07) is 8.07. The van der Waals surface area contributed by atoms with Gasteiger partial charge in [-0.2, -0.15) is 0 Å². The lowest BCUT2D eigenvalue weighted by atomic mass is 10.0. The van der Waals surface area contributed by atoms with Gasteiger partial charge < -0.3 is 4.74 Å². The van der Waals surface area contributed by atoms with Gasteiger partial charge in [0.25, 0.3) is 0 Å². The largest absolute Gasteiger partial charge is 0.372 e. The highest BCUT2D eigenvalue weighted by Gasteiger charge is 2.34. The first-order chi connectivity index (χ1) is 9.61. The van der Waals surface area contributed by atoms with Crippen LogP contribution >= 0.6 is 0 Å². The van der Waals surface area contributed by atoms with E-state index in [-0.39, 0.29) is 5.78 Å². The van der Waals surface area contributed by atoms with Crippen molar-refractivity contribution in [3.05, 3.63) is 35.4 Å². The van der Waals surface area contributed by atoms with Gasteiger partial charge in [-0.25, -0.2) is 0 Å². The Morgan fingerprint density at radius 1 is 1.20 bits per heavy atom. The third kappa shape index (κ3) is 2.94. The number of hydrogen-bond acceptors (Lipinski definition) is 3. The number of nitrogens with zero attached hydrogens (tertiary/aromatic N) is 1. The number of ether oxygens (including phenoxy) is 1. The smallest absolute Gasteiger partial charge is 0.176 e. The van der Waals surface area contributed by atoms with Gasteiger partial charge in [0.15, 0.2) is 5.78 Å². The van der Waals surface area contributed by atoms with E-state index in [4.69, 9.17) is 4.74 Å². The van der Waals surface area contributed by atoms with Crippen LogP contribution in [0.25, 0.3) is 0 Å². The Labute approximate surface area is 120 Å². The fraction of sp³-hybridized carbons (Fsp3) is 0.588. The van der Waals surface area contributed by atoms with E-state index in [1.54, 1.807) is 0 Å². The summed E-state index contributed by atoms with van der Waals surface area (Å²) in [6.07, 6.45) is 3.01. The van der Waals surface area contributed by atoms with Crippen LogP contribution in [0.3, 0.4) is 0 Å². The second-order valence-corrected chi connectivity index (χ2v) is 6.35. The topological polar surface area (TPSA) is 29.5 Å². The number of Topliss-reactive ketones (excluding diaryl/α,β-unsaturated/α-hetero) is 1. The van der Waals surface area contributed by atoms with Crippen molar-refractivity contribution in [2.24, 2.45) is 0 Å². The van der Waals surface area contributed by atoms with Crippen molar-refractivity contribution in [3.8, 4) is 0 Å². The van der Waals surface area contributed by atoms with E-state index in [0.717, 1.165) is 31.5 Å². The Balaban J connectivity index is 1.61. The van der Waals surface area contributed by atoms with E-state index in [0.29, 0.717) is 24.7 Å². The number of benzene rings is 1. The number of ketones is 1. The first-order valence-electron chi connectivity index (χ1n) is 7.63. The molecule has 0 radical (unpaired) electrons. The van der Waals surface area contributed by atoms with Gasteiger partial charge in [0.2, 0.25) is 0 Å². The molecule has 0 aromatic heterocycles. The van der Waals surface area contributed by atoms with Crippen molar-refractivity contribution in [2.45, 2.75) is 44.8 Å². The Morgan fingerprint density at radius 3 is 2.35 bits per heavy atom.